The molecule has 0 radical (unpaired) electrons. The van der Waals surface area contributed by atoms with Crippen LogP contribution >= 0.6 is 0 Å². The summed E-state index contributed by atoms with van der Waals surface area (Å²) in [6.45, 7) is 0.120. The molecule has 10 nitrogen and oxygen atoms in total. The Kier molecular flexibility index (Phi) is 7.36. The van der Waals surface area contributed by atoms with Gasteiger partial charge in [-0.25, -0.2) is 24.4 Å². The highest BCUT2D eigenvalue weighted by atomic mass is 19.4. The Morgan fingerprint density at radius 3 is 2.50 bits per heavy atom. The lowest BCUT2D eigenvalue weighted by molar-refractivity contribution is -0.140. The van der Waals surface area contributed by atoms with Gasteiger partial charge in [-0.1, -0.05) is 6.42 Å². The lowest BCUT2D eigenvalue weighted by atomic mass is 9.99. The summed E-state index contributed by atoms with van der Waals surface area (Å²) >= 11 is 0. The van der Waals surface area contributed by atoms with Crippen LogP contribution in [0.3, 0.4) is 0 Å². The standard InChI is InChI=1S/C25H21F7N8O2/c26-14-6-13-16(7-12(14)17-8-34-20(21(33)38-17)25(30,31)32)35-10-40(23(13)42)5-4-11-2-1-3-15(11)37-18-9-36-39-22(41)19(18)24(27,28)29/h6-11,15H,1-5H2,(H2,33,38)(H2,37,39,41)/t11-,15+/m1/s1. The fourth-order valence-corrected chi connectivity index (χ4v) is 5.15. The maximum atomic E-state index is 15.0. The van der Waals surface area contributed by atoms with Crippen molar-refractivity contribution in [3.63, 3.8) is 0 Å². The fourth-order valence-electron chi connectivity index (χ4n) is 5.15. The number of benzene rings is 1. The molecule has 0 unspecified atom stereocenters. The SMILES string of the molecule is Nc1nc(-c2cc3ncn(CC[C@H]4CCC[C@@H]4Nc4cn[nH]c(=O)c4C(F)(F)F)c(=O)c3cc2F)cnc1C(F)(F)F. The zero-order valence-corrected chi connectivity index (χ0v) is 21.4. The summed E-state index contributed by atoms with van der Waals surface area (Å²) in [7, 11) is 0. The number of aromatic amines is 1. The topological polar surface area (TPSA) is 144 Å². The number of anilines is 2. The lowest BCUT2D eigenvalue weighted by Gasteiger charge is -2.23. The molecular weight excluding hydrogens is 577 g/mol. The monoisotopic (exact) mass is 598 g/mol. The van der Waals surface area contributed by atoms with Crippen LogP contribution in [0.25, 0.3) is 22.2 Å². The van der Waals surface area contributed by atoms with Crippen LogP contribution in [-0.2, 0) is 18.9 Å². The van der Waals surface area contributed by atoms with Crippen LogP contribution in [0.15, 0.2) is 40.4 Å². The van der Waals surface area contributed by atoms with Crippen molar-refractivity contribution < 1.29 is 30.7 Å². The van der Waals surface area contributed by atoms with Gasteiger partial charge in [0.2, 0.25) is 0 Å². The molecule has 0 aliphatic heterocycles. The van der Waals surface area contributed by atoms with E-state index in [-0.39, 0.29) is 34.6 Å². The Balaban J connectivity index is 1.36. The number of nitrogens with one attached hydrogen (secondary N) is 2. The van der Waals surface area contributed by atoms with E-state index in [2.05, 4.69) is 25.4 Å². The van der Waals surface area contributed by atoms with Crippen molar-refractivity contribution in [2.45, 2.75) is 50.6 Å². The number of H-pyrrole nitrogens is 1. The van der Waals surface area contributed by atoms with E-state index in [1.165, 1.54) is 10.9 Å². The molecule has 17 heteroatoms. The number of nitrogens with two attached hydrogens (primary N) is 1. The van der Waals surface area contributed by atoms with E-state index in [1.54, 1.807) is 5.10 Å². The van der Waals surface area contributed by atoms with Crippen LogP contribution in [-0.4, -0.2) is 35.8 Å². The number of rotatable bonds is 6. The van der Waals surface area contributed by atoms with E-state index in [9.17, 15) is 40.3 Å². The summed E-state index contributed by atoms with van der Waals surface area (Å²) in [6.07, 6.45) is -4.63. The Bertz CT molecular complexity index is 1770. The maximum Gasteiger partial charge on any atom is 0.437 e. The minimum absolute atomic E-state index is 0.0507. The van der Waals surface area contributed by atoms with Crippen molar-refractivity contribution in [1.82, 2.24) is 29.7 Å². The number of aromatic nitrogens is 6. The molecule has 0 amide bonds. The number of nitrogen functional groups attached to an aromatic ring is 1. The van der Waals surface area contributed by atoms with Gasteiger partial charge in [0.25, 0.3) is 11.1 Å². The second-order valence-corrected chi connectivity index (χ2v) is 9.80. The molecule has 4 N–H and O–H groups in total. The number of hydrogen-bond acceptors (Lipinski definition) is 8. The first kappa shape index (κ1) is 28.9. The van der Waals surface area contributed by atoms with Gasteiger partial charge in [-0.2, -0.15) is 31.4 Å². The van der Waals surface area contributed by atoms with Gasteiger partial charge in [0.05, 0.1) is 41.0 Å². The van der Waals surface area contributed by atoms with Crippen molar-refractivity contribution in [2.75, 3.05) is 11.1 Å². The lowest BCUT2D eigenvalue weighted by Crippen LogP contribution is -2.31. The van der Waals surface area contributed by atoms with E-state index < -0.39 is 58.1 Å². The second-order valence-electron chi connectivity index (χ2n) is 9.80. The smallest absolute Gasteiger partial charge is 0.382 e. The molecule has 1 saturated carbocycles. The Labute approximate surface area is 230 Å². The third-order valence-electron chi connectivity index (χ3n) is 7.14. The van der Waals surface area contributed by atoms with Gasteiger partial charge in [0, 0.05) is 18.2 Å². The van der Waals surface area contributed by atoms with Crippen LogP contribution in [0.4, 0.5) is 42.2 Å². The van der Waals surface area contributed by atoms with E-state index in [4.69, 9.17) is 5.73 Å². The molecule has 4 aromatic rings. The third kappa shape index (κ3) is 5.62. The Morgan fingerprint density at radius 1 is 1.05 bits per heavy atom. The van der Waals surface area contributed by atoms with Crippen LogP contribution < -0.4 is 22.2 Å². The molecule has 1 aliphatic rings. The highest BCUT2D eigenvalue weighted by Gasteiger charge is 2.39. The Hall–Kier alpha value is -4.57. The number of hydrogen-bond donors (Lipinski definition) is 3. The number of alkyl halides is 6. The Morgan fingerprint density at radius 2 is 1.81 bits per heavy atom. The zero-order valence-electron chi connectivity index (χ0n) is 21.4. The quantitative estimate of drug-likeness (QED) is 0.278. The first-order valence-electron chi connectivity index (χ1n) is 12.5. The van der Waals surface area contributed by atoms with E-state index in [1.807, 2.05) is 0 Å². The molecule has 3 heterocycles. The van der Waals surface area contributed by atoms with Crippen LogP contribution in [0.1, 0.15) is 36.9 Å². The highest BCUT2D eigenvalue weighted by molar-refractivity contribution is 5.83. The largest absolute Gasteiger partial charge is 0.437 e. The summed E-state index contributed by atoms with van der Waals surface area (Å²) < 4.78 is 95.4. The third-order valence-corrected chi connectivity index (χ3v) is 7.14. The number of aryl methyl sites for hydroxylation is 1. The molecule has 222 valence electrons. The molecule has 5 rings (SSSR count). The fraction of sp³-hybridized carbons (Fsp3) is 0.360. The van der Waals surface area contributed by atoms with E-state index >= 15 is 0 Å². The average Bonchev–Trinajstić information content (AvgIpc) is 3.33. The van der Waals surface area contributed by atoms with Crippen molar-refractivity contribution in [2.24, 2.45) is 5.92 Å². The first-order chi connectivity index (χ1) is 19.7. The minimum atomic E-state index is -4.89. The van der Waals surface area contributed by atoms with E-state index in [0.717, 1.165) is 24.5 Å². The molecule has 2 atom stereocenters. The van der Waals surface area contributed by atoms with Gasteiger partial charge in [-0.05, 0) is 37.3 Å². The minimum Gasteiger partial charge on any atom is -0.382 e. The van der Waals surface area contributed by atoms with E-state index in [0.29, 0.717) is 25.7 Å². The first-order valence-corrected chi connectivity index (χ1v) is 12.5. The summed E-state index contributed by atoms with van der Waals surface area (Å²) in [5.74, 6) is -2.05. The molecule has 1 aliphatic carbocycles. The van der Waals surface area contributed by atoms with Gasteiger partial charge >= 0.3 is 12.4 Å². The average molecular weight is 598 g/mol. The number of nitrogens with zero attached hydrogens (tertiary/aromatic N) is 5. The summed E-state index contributed by atoms with van der Waals surface area (Å²) in [4.78, 5) is 35.9. The molecule has 1 fully saturated rings. The molecule has 1 aromatic carbocycles. The summed E-state index contributed by atoms with van der Waals surface area (Å²) in [5, 5.41) is 7.95. The van der Waals surface area contributed by atoms with Crippen molar-refractivity contribution in [3.8, 4) is 11.3 Å². The van der Waals surface area contributed by atoms with Gasteiger partial charge in [0.15, 0.2) is 11.5 Å². The number of fused-ring (bicyclic) bond motifs is 1. The van der Waals surface area contributed by atoms with Gasteiger partial charge in [0.1, 0.15) is 11.4 Å². The van der Waals surface area contributed by atoms with Crippen LogP contribution in [0, 0.1) is 11.7 Å². The predicted octanol–water partition coefficient (Wildman–Crippen LogP) is 4.37. The molecular formula is C25H21F7N8O2. The zero-order chi connectivity index (χ0) is 30.4. The highest BCUT2D eigenvalue weighted by Crippen LogP contribution is 2.36. The predicted molar refractivity (Wildman–Crippen MR) is 136 cm³/mol. The number of halogens is 7. The molecule has 3 aromatic heterocycles. The van der Waals surface area contributed by atoms with Gasteiger partial charge < -0.3 is 11.1 Å². The molecule has 0 bridgehead atoms. The molecule has 42 heavy (non-hydrogen) atoms. The second kappa shape index (κ2) is 10.7. The van der Waals surface area contributed by atoms with Gasteiger partial charge in [-0.3, -0.25) is 14.2 Å². The van der Waals surface area contributed by atoms with Crippen molar-refractivity contribution in [3.05, 3.63) is 68.6 Å². The normalized spacial score (nSPS) is 17.6. The molecule has 0 saturated heterocycles. The maximum absolute atomic E-state index is 15.0. The molecule has 0 spiro atoms. The summed E-state index contributed by atoms with van der Waals surface area (Å²) in [6, 6.07) is 1.62. The van der Waals surface area contributed by atoms with Crippen molar-refractivity contribution >= 4 is 22.4 Å². The van der Waals surface area contributed by atoms with Gasteiger partial charge in [-0.15, -0.1) is 0 Å². The van der Waals surface area contributed by atoms with Crippen LogP contribution in [0.5, 0.6) is 0 Å². The summed E-state index contributed by atoms with van der Waals surface area (Å²) in [5.41, 5.74) is -0.295. The van der Waals surface area contributed by atoms with Crippen molar-refractivity contribution in [1.29, 1.82) is 0 Å². The van der Waals surface area contributed by atoms with Crippen LogP contribution in [0.2, 0.25) is 0 Å².